The lowest BCUT2D eigenvalue weighted by Crippen LogP contribution is -1.66. The third-order valence-electron chi connectivity index (χ3n) is 1.69. The SMILES string of the molecule is C1=CC=CC=1/C=C\C1=C=CC=C1. The Morgan fingerprint density at radius 2 is 1.33 bits per heavy atom. The summed E-state index contributed by atoms with van der Waals surface area (Å²) in [7, 11) is 0. The summed E-state index contributed by atoms with van der Waals surface area (Å²) >= 11 is 0. The van der Waals surface area contributed by atoms with E-state index in [1.807, 2.05) is 48.6 Å². The minimum Gasteiger partial charge on any atom is -0.113 e. The maximum Gasteiger partial charge on any atom is 0.0165 e. The molecule has 0 heteroatoms. The van der Waals surface area contributed by atoms with Crippen LogP contribution in [0.15, 0.2) is 71.2 Å². The van der Waals surface area contributed by atoms with Gasteiger partial charge in [-0.1, -0.05) is 12.2 Å². The fourth-order valence-corrected chi connectivity index (χ4v) is 1.08. The van der Waals surface area contributed by atoms with Gasteiger partial charge in [0.2, 0.25) is 0 Å². The van der Waals surface area contributed by atoms with Crippen molar-refractivity contribution in [3.05, 3.63) is 71.2 Å². The van der Waals surface area contributed by atoms with Crippen LogP contribution >= 0.6 is 0 Å². The highest BCUT2D eigenvalue weighted by atomic mass is 13.9. The summed E-state index contributed by atoms with van der Waals surface area (Å²) in [5, 5.41) is 0. The second kappa shape index (κ2) is 3.11. The first-order valence-corrected chi connectivity index (χ1v) is 3.90. The van der Waals surface area contributed by atoms with Gasteiger partial charge in [0.25, 0.3) is 0 Å². The summed E-state index contributed by atoms with van der Waals surface area (Å²) in [5.74, 6) is 0. The third kappa shape index (κ3) is 1.46. The summed E-state index contributed by atoms with van der Waals surface area (Å²) in [6.07, 6.45) is 15.9. The summed E-state index contributed by atoms with van der Waals surface area (Å²) in [6.45, 7) is 0. The van der Waals surface area contributed by atoms with Gasteiger partial charge in [-0.3, -0.25) is 0 Å². The molecule has 0 saturated carbocycles. The molecule has 12 heavy (non-hydrogen) atoms. The van der Waals surface area contributed by atoms with Crippen molar-refractivity contribution in [3.8, 4) is 0 Å². The van der Waals surface area contributed by atoms with Crippen LogP contribution in [0.4, 0.5) is 0 Å². The highest BCUT2D eigenvalue weighted by Crippen LogP contribution is 2.08. The second-order valence-corrected chi connectivity index (χ2v) is 2.58. The molecule has 0 aromatic carbocycles. The van der Waals surface area contributed by atoms with Gasteiger partial charge in [-0.15, -0.1) is 11.5 Å². The topological polar surface area (TPSA) is 0 Å². The molecule has 0 atom stereocenters. The molecule has 0 unspecified atom stereocenters. The minimum absolute atomic E-state index is 1.12. The van der Waals surface area contributed by atoms with Gasteiger partial charge in [-0.2, -0.15) is 0 Å². The molecular formula is C12H8. The van der Waals surface area contributed by atoms with Gasteiger partial charge < -0.3 is 0 Å². The van der Waals surface area contributed by atoms with Gasteiger partial charge in [-0.05, 0) is 36.5 Å². The van der Waals surface area contributed by atoms with Crippen molar-refractivity contribution in [2.75, 3.05) is 0 Å². The van der Waals surface area contributed by atoms with Crippen LogP contribution in [0.1, 0.15) is 0 Å². The Morgan fingerprint density at radius 1 is 0.833 bits per heavy atom. The van der Waals surface area contributed by atoms with E-state index in [4.69, 9.17) is 0 Å². The van der Waals surface area contributed by atoms with Gasteiger partial charge in [0.1, 0.15) is 0 Å². The largest absolute Gasteiger partial charge is 0.113 e. The fourth-order valence-electron chi connectivity index (χ4n) is 1.08. The Balaban J connectivity index is 2.13. The normalized spacial score (nSPS) is 18.0. The Bertz CT molecular complexity index is 359. The van der Waals surface area contributed by atoms with Crippen molar-refractivity contribution < 1.29 is 0 Å². The van der Waals surface area contributed by atoms with Crippen LogP contribution < -0.4 is 0 Å². The van der Waals surface area contributed by atoms with E-state index in [-0.39, 0.29) is 0 Å². The monoisotopic (exact) mass is 152 g/mol. The van der Waals surface area contributed by atoms with Crippen molar-refractivity contribution in [1.29, 1.82) is 0 Å². The van der Waals surface area contributed by atoms with Crippen molar-refractivity contribution in [2.24, 2.45) is 0 Å². The molecule has 0 heterocycles. The summed E-state index contributed by atoms with van der Waals surface area (Å²) < 4.78 is 0. The van der Waals surface area contributed by atoms with Gasteiger partial charge >= 0.3 is 0 Å². The zero-order valence-electron chi connectivity index (χ0n) is 6.62. The predicted molar refractivity (Wildman–Crippen MR) is 50.6 cm³/mol. The first-order valence-electron chi connectivity index (χ1n) is 3.90. The molecule has 0 aromatic heterocycles. The van der Waals surface area contributed by atoms with Gasteiger partial charge in [0.05, 0.1) is 0 Å². The Hall–Kier alpha value is -1.74. The lowest BCUT2D eigenvalue weighted by Gasteiger charge is -1.84. The van der Waals surface area contributed by atoms with Crippen LogP contribution in [0.3, 0.4) is 0 Å². The molecule has 0 aliphatic heterocycles. The molecule has 2 aliphatic rings. The quantitative estimate of drug-likeness (QED) is 0.534. The van der Waals surface area contributed by atoms with Crippen LogP contribution in [-0.4, -0.2) is 0 Å². The first kappa shape index (κ1) is 6.94. The highest BCUT2D eigenvalue weighted by Gasteiger charge is 1.89. The van der Waals surface area contributed by atoms with E-state index in [9.17, 15) is 0 Å². The van der Waals surface area contributed by atoms with Crippen LogP contribution in [0.2, 0.25) is 0 Å². The summed E-state index contributed by atoms with van der Waals surface area (Å²) in [6, 6.07) is 0. The second-order valence-electron chi connectivity index (χ2n) is 2.58. The minimum atomic E-state index is 1.12. The van der Waals surface area contributed by atoms with Crippen molar-refractivity contribution >= 4 is 0 Å². The smallest absolute Gasteiger partial charge is 0.0165 e. The summed E-state index contributed by atoms with van der Waals surface area (Å²) in [4.78, 5) is 0. The molecule has 0 N–H and O–H groups in total. The van der Waals surface area contributed by atoms with Crippen molar-refractivity contribution in [1.82, 2.24) is 0 Å². The molecule has 0 fully saturated rings. The van der Waals surface area contributed by atoms with E-state index in [1.54, 1.807) is 0 Å². The van der Waals surface area contributed by atoms with Crippen LogP contribution in [-0.2, 0) is 0 Å². The van der Waals surface area contributed by atoms with E-state index < -0.39 is 0 Å². The molecule has 2 aliphatic carbocycles. The first-order chi connectivity index (χ1) is 5.95. The highest BCUT2D eigenvalue weighted by molar-refractivity contribution is 5.44. The predicted octanol–water partition coefficient (Wildman–Crippen LogP) is 2.85. The van der Waals surface area contributed by atoms with Crippen LogP contribution in [0, 0.1) is 0 Å². The molecule has 56 valence electrons. The third-order valence-corrected chi connectivity index (χ3v) is 1.69. The molecule has 0 saturated heterocycles. The molecule has 0 amide bonds. The number of rotatable bonds is 2. The van der Waals surface area contributed by atoms with E-state index >= 15 is 0 Å². The maximum absolute atomic E-state index is 3.10. The van der Waals surface area contributed by atoms with Gasteiger partial charge in [0.15, 0.2) is 0 Å². The fraction of sp³-hybridized carbons (Fsp3) is 0. The van der Waals surface area contributed by atoms with E-state index in [0.717, 1.165) is 11.1 Å². The molecule has 0 aromatic rings. The molecular weight excluding hydrogens is 144 g/mol. The zero-order valence-corrected chi connectivity index (χ0v) is 6.62. The number of hydrogen-bond acceptors (Lipinski definition) is 0. The van der Waals surface area contributed by atoms with Crippen molar-refractivity contribution in [2.45, 2.75) is 0 Å². The van der Waals surface area contributed by atoms with Gasteiger partial charge in [0, 0.05) is 11.1 Å². The van der Waals surface area contributed by atoms with E-state index in [1.165, 1.54) is 0 Å². The molecule has 0 nitrogen and oxygen atoms in total. The standard InChI is InChI=1S/C12H8/c1-2-6-11(5-1)9-10-12-7-3-4-8-12/h1-5,7,9-10H/b10-9-. The lowest BCUT2D eigenvalue weighted by atomic mass is 10.2. The molecule has 0 bridgehead atoms. The van der Waals surface area contributed by atoms with Gasteiger partial charge in [-0.25, -0.2) is 0 Å². The average molecular weight is 152 g/mol. The zero-order chi connectivity index (χ0) is 8.23. The number of hydrogen-bond donors (Lipinski definition) is 0. The van der Waals surface area contributed by atoms with E-state index in [2.05, 4.69) is 11.5 Å². The molecule has 2 rings (SSSR count). The summed E-state index contributed by atoms with van der Waals surface area (Å²) in [5.41, 5.74) is 8.43. The Morgan fingerprint density at radius 3 is 1.67 bits per heavy atom. The maximum atomic E-state index is 3.10. The lowest BCUT2D eigenvalue weighted by molar-refractivity contribution is 1.69. The van der Waals surface area contributed by atoms with Crippen molar-refractivity contribution in [3.63, 3.8) is 0 Å². The number of allylic oxidation sites excluding steroid dienone is 8. The molecule has 0 radical (unpaired) electrons. The van der Waals surface area contributed by atoms with Crippen LogP contribution in [0.25, 0.3) is 0 Å². The molecule has 0 spiro atoms. The Kier molecular flexibility index (Phi) is 1.80. The Labute approximate surface area is 71.9 Å². The van der Waals surface area contributed by atoms with E-state index in [0.29, 0.717) is 0 Å². The van der Waals surface area contributed by atoms with Crippen LogP contribution in [0.5, 0.6) is 0 Å². The average Bonchev–Trinajstić information content (AvgIpc) is 2.74.